The molecule has 1 aliphatic heterocycles. The molecule has 2 unspecified atom stereocenters. The van der Waals surface area contributed by atoms with E-state index < -0.39 is 0 Å². The average Bonchev–Trinajstić information content (AvgIpc) is 3.34. The number of phenolic OH excluding ortho intramolecular Hbond substituents is 1. The van der Waals surface area contributed by atoms with Crippen LogP contribution in [0.1, 0.15) is 76.2 Å². The highest BCUT2D eigenvalue weighted by Crippen LogP contribution is 2.66. The maximum absolute atomic E-state index is 12.0. The Labute approximate surface area is 224 Å². The number of phenols is 1. The average molecular weight is 510 g/mol. The molecule has 0 aromatic heterocycles. The molecule has 1 saturated heterocycles. The Morgan fingerprint density at radius 3 is 2.05 bits per heavy atom. The van der Waals surface area contributed by atoms with Gasteiger partial charge in [0.2, 0.25) is 0 Å². The summed E-state index contributed by atoms with van der Waals surface area (Å²) in [6.07, 6.45) is 15.7. The van der Waals surface area contributed by atoms with Crippen molar-refractivity contribution in [3.63, 3.8) is 0 Å². The van der Waals surface area contributed by atoms with Crippen molar-refractivity contribution in [3.8, 4) is 16.9 Å². The highest BCUT2D eigenvalue weighted by Gasteiger charge is 2.54. The molecule has 1 N–H and O–H groups in total. The Kier molecular flexibility index (Phi) is 7.48. The van der Waals surface area contributed by atoms with Gasteiger partial charge in [-0.2, -0.15) is 0 Å². The molecule has 2 aliphatic carbocycles. The van der Waals surface area contributed by atoms with Crippen LogP contribution in [0.15, 0.2) is 83.9 Å². The summed E-state index contributed by atoms with van der Waals surface area (Å²) in [5.74, 6) is 1.04. The fourth-order valence-corrected chi connectivity index (χ4v) is 11.2. The molecule has 6 rings (SSSR count). The van der Waals surface area contributed by atoms with Crippen LogP contribution in [-0.2, 0) is 5.41 Å². The number of nitrogens with zero attached hydrogens (tertiary/aromatic N) is 1. The predicted molar refractivity (Wildman–Crippen MR) is 159 cm³/mol. The van der Waals surface area contributed by atoms with Crippen molar-refractivity contribution in [1.82, 2.24) is 0 Å². The second-order valence-electron chi connectivity index (χ2n) is 11.4. The molecule has 0 bridgehead atoms. The second kappa shape index (κ2) is 11.1. The summed E-state index contributed by atoms with van der Waals surface area (Å²) in [6.45, 7) is 0. The summed E-state index contributed by atoms with van der Waals surface area (Å²) in [7, 11) is -0.324. The third-order valence-electron chi connectivity index (χ3n) is 9.33. The van der Waals surface area contributed by atoms with Gasteiger partial charge in [-0.1, -0.05) is 113 Å². The van der Waals surface area contributed by atoms with Crippen LogP contribution in [0.5, 0.6) is 5.75 Å². The van der Waals surface area contributed by atoms with Crippen LogP contribution in [0.4, 0.5) is 5.69 Å². The fourth-order valence-electron chi connectivity index (χ4n) is 7.52. The summed E-state index contributed by atoms with van der Waals surface area (Å²) >= 11 is 0. The first-order valence-corrected chi connectivity index (χ1v) is 16.2. The number of hydrogen-bond donors (Lipinski definition) is 1. The molecule has 3 aromatic carbocycles. The van der Waals surface area contributed by atoms with Crippen LogP contribution in [0.2, 0.25) is 0 Å². The van der Waals surface area contributed by atoms with E-state index in [0.717, 1.165) is 34.5 Å². The first-order chi connectivity index (χ1) is 18.3. The molecule has 37 heavy (non-hydrogen) atoms. The number of aliphatic imine (C=N–C) groups is 1. The van der Waals surface area contributed by atoms with E-state index in [-0.39, 0.29) is 13.3 Å². The standard InChI is InChI=1S/C34H40NOP/c36-32-30(26-14-5-1-6-15-26)22-13-23-31(32)34(27-16-7-2-8-17-27)24-25-37(29-20-11-4-12-21-29)33(34)35-28-18-9-3-10-19-28/h1,3,5-6,9-10,13-15,18-19,22-23,27,29,36H,2,4,7-8,11-12,16-17,20-21,24-25H2. The zero-order valence-corrected chi connectivity index (χ0v) is 22.9. The SMILES string of the molecule is Oc1c(-c2ccccc2)cccc1C1(C2CCCCC2)CCP(C2CCCCC2)C1=Nc1ccccc1. The Hall–Kier alpha value is -2.44. The van der Waals surface area contributed by atoms with Gasteiger partial charge in [0.1, 0.15) is 5.75 Å². The van der Waals surface area contributed by atoms with Crippen LogP contribution in [0, 0.1) is 5.92 Å². The van der Waals surface area contributed by atoms with Crippen molar-refractivity contribution >= 4 is 19.1 Å². The molecule has 3 aliphatic rings. The first-order valence-electron chi connectivity index (χ1n) is 14.6. The van der Waals surface area contributed by atoms with Crippen molar-refractivity contribution in [2.24, 2.45) is 10.9 Å². The van der Waals surface area contributed by atoms with Gasteiger partial charge in [-0.25, -0.2) is 0 Å². The van der Waals surface area contributed by atoms with Crippen LogP contribution in [-0.4, -0.2) is 22.4 Å². The summed E-state index contributed by atoms with van der Waals surface area (Å²) < 4.78 is 0. The van der Waals surface area contributed by atoms with Crippen molar-refractivity contribution in [3.05, 3.63) is 84.4 Å². The van der Waals surface area contributed by atoms with E-state index >= 15 is 0 Å². The van der Waals surface area contributed by atoms with Gasteiger partial charge in [0.05, 0.1) is 11.1 Å². The number of hydrogen-bond acceptors (Lipinski definition) is 2. The van der Waals surface area contributed by atoms with Gasteiger partial charge >= 0.3 is 0 Å². The summed E-state index contributed by atoms with van der Waals surface area (Å²) in [5.41, 5.74) is 6.37. The lowest BCUT2D eigenvalue weighted by molar-refractivity contribution is 0.257. The fraction of sp³-hybridized carbons (Fsp3) is 0.441. The zero-order valence-electron chi connectivity index (χ0n) is 22.0. The van der Waals surface area contributed by atoms with E-state index in [0.29, 0.717) is 11.7 Å². The highest BCUT2D eigenvalue weighted by atomic mass is 31.1. The predicted octanol–water partition coefficient (Wildman–Crippen LogP) is 9.83. The Bertz CT molecular complexity index is 1210. The molecule has 2 nitrogen and oxygen atoms in total. The Morgan fingerprint density at radius 1 is 0.703 bits per heavy atom. The van der Waals surface area contributed by atoms with Crippen LogP contribution in [0.25, 0.3) is 11.1 Å². The summed E-state index contributed by atoms with van der Waals surface area (Å²) in [5, 5.41) is 12.0. The minimum absolute atomic E-state index is 0.158. The summed E-state index contributed by atoms with van der Waals surface area (Å²) in [6, 6.07) is 27.6. The first kappa shape index (κ1) is 24.9. The van der Waals surface area contributed by atoms with E-state index in [1.807, 2.05) is 6.07 Å². The molecule has 192 valence electrons. The number of aromatic hydroxyl groups is 1. The van der Waals surface area contributed by atoms with E-state index in [4.69, 9.17) is 4.99 Å². The molecule has 3 heteroatoms. The van der Waals surface area contributed by atoms with Crippen LogP contribution >= 0.6 is 7.92 Å². The summed E-state index contributed by atoms with van der Waals surface area (Å²) in [4.78, 5) is 5.60. The molecule has 2 atom stereocenters. The van der Waals surface area contributed by atoms with E-state index in [9.17, 15) is 5.11 Å². The van der Waals surface area contributed by atoms with Crippen molar-refractivity contribution in [2.45, 2.75) is 81.7 Å². The maximum Gasteiger partial charge on any atom is 0.127 e. The number of benzene rings is 3. The van der Waals surface area contributed by atoms with Gasteiger partial charge < -0.3 is 5.11 Å². The molecule has 0 spiro atoms. The van der Waals surface area contributed by atoms with Crippen molar-refractivity contribution in [2.75, 3.05) is 6.16 Å². The minimum Gasteiger partial charge on any atom is -0.507 e. The Balaban J connectivity index is 1.55. The van der Waals surface area contributed by atoms with Gasteiger partial charge in [0.25, 0.3) is 0 Å². The topological polar surface area (TPSA) is 32.6 Å². The molecular formula is C34H40NOP. The van der Waals surface area contributed by atoms with Gasteiger partial charge in [-0.3, -0.25) is 4.99 Å². The smallest absolute Gasteiger partial charge is 0.127 e. The normalized spacial score (nSPS) is 26.5. The molecular weight excluding hydrogens is 469 g/mol. The molecule has 0 amide bonds. The molecule has 1 heterocycles. The number of rotatable bonds is 5. The second-order valence-corrected chi connectivity index (χ2v) is 13.9. The number of para-hydroxylation sites is 2. The Morgan fingerprint density at radius 2 is 1.35 bits per heavy atom. The zero-order chi connectivity index (χ0) is 25.1. The quantitative estimate of drug-likeness (QED) is 0.341. The third kappa shape index (κ3) is 4.79. The lowest BCUT2D eigenvalue weighted by Crippen LogP contribution is -2.41. The lowest BCUT2D eigenvalue weighted by Gasteiger charge is -2.43. The van der Waals surface area contributed by atoms with Gasteiger partial charge in [-0.05, 0) is 67.5 Å². The van der Waals surface area contributed by atoms with Gasteiger partial charge in [0.15, 0.2) is 0 Å². The molecule has 0 radical (unpaired) electrons. The monoisotopic (exact) mass is 509 g/mol. The third-order valence-corrected chi connectivity index (χ3v) is 12.5. The molecule has 3 fully saturated rings. The van der Waals surface area contributed by atoms with Crippen LogP contribution in [0.3, 0.4) is 0 Å². The van der Waals surface area contributed by atoms with E-state index in [1.54, 1.807) is 0 Å². The molecule has 3 aromatic rings. The maximum atomic E-state index is 12.0. The van der Waals surface area contributed by atoms with Gasteiger partial charge in [0, 0.05) is 16.5 Å². The van der Waals surface area contributed by atoms with E-state index in [1.165, 1.54) is 75.8 Å². The van der Waals surface area contributed by atoms with E-state index in [2.05, 4.69) is 72.8 Å². The lowest BCUT2D eigenvalue weighted by atomic mass is 9.63. The highest BCUT2D eigenvalue weighted by molar-refractivity contribution is 7.76. The van der Waals surface area contributed by atoms with Gasteiger partial charge in [-0.15, -0.1) is 0 Å². The van der Waals surface area contributed by atoms with Crippen LogP contribution < -0.4 is 0 Å². The largest absolute Gasteiger partial charge is 0.507 e. The van der Waals surface area contributed by atoms with Crippen molar-refractivity contribution in [1.29, 1.82) is 0 Å². The molecule has 2 saturated carbocycles. The minimum atomic E-state index is -0.324. The van der Waals surface area contributed by atoms with Crippen molar-refractivity contribution < 1.29 is 5.11 Å².